The van der Waals surface area contributed by atoms with E-state index in [0.29, 0.717) is 10.1 Å². The molecule has 1 aliphatic heterocycles. The summed E-state index contributed by atoms with van der Waals surface area (Å²) in [5.41, 5.74) is 6.18. The van der Waals surface area contributed by atoms with Gasteiger partial charge in [-0.2, -0.15) is 5.10 Å². The topological polar surface area (TPSA) is 99.2 Å². The van der Waals surface area contributed by atoms with Crippen LogP contribution in [0, 0.1) is 0 Å². The minimum Gasteiger partial charge on any atom is -0.380 e. The van der Waals surface area contributed by atoms with Crippen molar-refractivity contribution in [3.63, 3.8) is 0 Å². The van der Waals surface area contributed by atoms with Gasteiger partial charge in [0.15, 0.2) is 0 Å². The highest BCUT2D eigenvalue weighted by Crippen LogP contribution is 2.19. The molecule has 9 heteroatoms. The molecule has 3 heterocycles. The van der Waals surface area contributed by atoms with Crippen LogP contribution in [-0.4, -0.2) is 46.3 Å². The summed E-state index contributed by atoms with van der Waals surface area (Å²) in [5, 5.41) is 12.9. The average molecular weight is 308 g/mol. The second kappa shape index (κ2) is 5.78. The van der Waals surface area contributed by atoms with Crippen molar-refractivity contribution in [1.82, 2.24) is 20.0 Å². The Morgan fingerprint density at radius 2 is 2.38 bits per heavy atom. The van der Waals surface area contributed by atoms with Gasteiger partial charge in [0.1, 0.15) is 5.01 Å². The summed E-state index contributed by atoms with van der Waals surface area (Å²) >= 11 is 1.25. The maximum atomic E-state index is 12.1. The first-order valence-corrected chi connectivity index (χ1v) is 7.40. The van der Waals surface area contributed by atoms with E-state index in [2.05, 4.69) is 20.2 Å². The number of aromatic nitrogens is 4. The van der Waals surface area contributed by atoms with Gasteiger partial charge in [-0.15, -0.1) is 10.2 Å². The van der Waals surface area contributed by atoms with Crippen LogP contribution in [0.25, 0.3) is 0 Å². The minimum atomic E-state index is -0.165. The second-order valence-electron chi connectivity index (χ2n) is 4.84. The Morgan fingerprint density at radius 3 is 3.00 bits per heavy atom. The lowest BCUT2D eigenvalue weighted by Gasteiger charge is -2.17. The molecular weight excluding hydrogens is 292 g/mol. The number of anilines is 2. The highest BCUT2D eigenvalue weighted by molar-refractivity contribution is 7.15. The molecule has 0 aromatic carbocycles. The smallest absolute Gasteiger partial charge is 0.269 e. The predicted octanol–water partition coefficient (Wildman–Crippen LogP) is -0.0496. The molecule has 0 saturated carbocycles. The Bertz CT molecular complexity index is 684. The van der Waals surface area contributed by atoms with Crippen LogP contribution in [0.15, 0.2) is 17.1 Å². The van der Waals surface area contributed by atoms with Crippen molar-refractivity contribution >= 4 is 22.2 Å². The third kappa shape index (κ3) is 3.03. The van der Waals surface area contributed by atoms with Crippen molar-refractivity contribution < 1.29 is 4.74 Å². The molecule has 0 aliphatic carbocycles. The molecule has 0 radical (unpaired) electrons. The van der Waals surface area contributed by atoms with Crippen molar-refractivity contribution in [1.29, 1.82) is 0 Å². The van der Waals surface area contributed by atoms with Gasteiger partial charge in [0.25, 0.3) is 5.56 Å². The lowest BCUT2D eigenvalue weighted by atomic mass is 10.3. The summed E-state index contributed by atoms with van der Waals surface area (Å²) in [6.45, 7) is 1.94. The first-order chi connectivity index (χ1) is 10.2. The van der Waals surface area contributed by atoms with Crippen LogP contribution in [-0.2, 0) is 11.3 Å². The van der Waals surface area contributed by atoms with Crippen LogP contribution >= 0.6 is 11.3 Å². The number of methoxy groups -OCH3 is 1. The van der Waals surface area contributed by atoms with Gasteiger partial charge in [0.05, 0.1) is 24.5 Å². The molecule has 2 aromatic rings. The van der Waals surface area contributed by atoms with Gasteiger partial charge in [-0.1, -0.05) is 11.3 Å². The lowest BCUT2D eigenvalue weighted by molar-refractivity contribution is 0.121. The highest BCUT2D eigenvalue weighted by atomic mass is 32.1. The quantitative estimate of drug-likeness (QED) is 0.845. The summed E-state index contributed by atoms with van der Waals surface area (Å²) in [4.78, 5) is 14.2. The van der Waals surface area contributed by atoms with Crippen LogP contribution in [0.1, 0.15) is 11.4 Å². The van der Waals surface area contributed by atoms with Gasteiger partial charge >= 0.3 is 0 Å². The summed E-state index contributed by atoms with van der Waals surface area (Å²) in [6, 6.07) is 1.59. The maximum absolute atomic E-state index is 12.1. The molecule has 8 nitrogen and oxygen atoms in total. The van der Waals surface area contributed by atoms with Crippen LogP contribution in [0.2, 0.25) is 0 Å². The first kappa shape index (κ1) is 14.0. The Morgan fingerprint density at radius 1 is 1.52 bits per heavy atom. The standard InChI is InChI=1S/C12H16N6O2S/c1-20-9-2-3-17(6-9)8-4-11(19)18(14-5-8)7-10-15-16-12(13)21-10/h4-5,9H,2-3,6-7H2,1H3,(H2,13,16). The van der Waals surface area contributed by atoms with Gasteiger partial charge in [0.2, 0.25) is 5.13 Å². The normalized spacial score (nSPS) is 18.3. The van der Waals surface area contributed by atoms with Crippen molar-refractivity contribution in [2.24, 2.45) is 0 Å². The molecule has 0 spiro atoms. The zero-order valence-corrected chi connectivity index (χ0v) is 12.4. The van der Waals surface area contributed by atoms with Gasteiger partial charge in [-0.25, -0.2) is 4.68 Å². The molecule has 21 heavy (non-hydrogen) atoms. The molecule has 1 saturated heterocycles. The molecule has 1 atom stereocenters. The van der Waals surface area contributed by atoms with Gasteiger partial charge in [-0.05, 0) is 6.42 Å². The summed E-state index contributed by atoms with van der Waals surface area (Å²) in [6.07, 6.45) is 2.88. The summed E-state index contributed by atoms with van der Waals surface area (Å²) in [7, 11) is 1.71. The van der Waals surface area contributed by atoms with Crippen LogP contribution in [0.5, 0.6) is 0 Å². The monoisotopic (exact) mass is 308 g/mol. The Hall–Kier alpha value is -2.00. The van der Waals surface area contributed by atoms with Crippen molar-refractivity contribution in [2.75, 3.05) is 30.8 Å². The number of nitrogens with two attached hydrogens (primary N) is 1. The van der Waals surface area contributed by atoms with E-state index in [-0.39, 0.29) is 18.2 Å². The number of hydrogen-bond donors (Lipinski definition) is 1. The average Bonchev–Trinajstić information content (AvgIpc) is 3.10. The highest BCUT2D eigenvalue weighted by Gasteiger charge is 2.22. The number of nitrogens with zero attached hydrogens (tertiary/aromatic N) is 5. The number of rotatable bonds is 4. The SMILES string of the molecule is COC1CCN(c2cnn(Cc3nnc(N)s3)c(=O)c2)C1. The van der Waals surface area contributed by atoms with E-state index in [0.717, 1.165) is 25.2 Å². The molecule has 0 amide bonds. The van der Waals surface area contributed by atoms with Crippen LogP contribution in [0.4, 0.5) is 10.8 Å². The van der Waals surface area contributed by atoms with Gasteiger partial charge < -0.3 is 15.4 Å². The van der Waals surface area contributed by atoms with E-state index in [1.165, 1.54) is 16.0 Å². The fourth-order valence-corrected chi connectivity index (χ4v) is 2.92. The first-order valence-electron chi connectivity index (χ1n) is 6.58. The number of nitrogen functional groups attached to an aromatic ring is 1. The molecule has 112 valence electrons. The largest absolute Gasteiger partial charge is 0.380 e. The predicted molar refractivity (Wildman–Crippen MR) is 79.5 cm³/mol. The Balaban J connectivity index is 1.75. The van der Waals surface area contributed by atoms with Gasteiger partial charge in [0, 0.05) is 26.3 Å². The molecule has 1 unspecified atom stereocenters. The van der Waals surface area contributed by atoms with Crippen LogP contribution < -0.4 is 16.2 Å². The number of ether oxygens (including phenoxy) is 1. The molecule has 2 aromatic heterocycles. The molecule has 0 bridgehead atoms. The molecule has 2 N–H and O–H groups in total. The van der Waals surface area contributed by atoms with E-state index >= 15 is 0 Å². The maximum Gasteiger partial charge on any atom is 0.269 e. The Labute approximate surface area is 125 Å². The van der Waals surface area contributed by atoms with E-state index in [1.54, 1.807) is 19.4 Å². The molecule has 1 aliphatic rings. The fraction of sp³-hybridized carbons (Fsp3) is 0.500. The van der Waals surface area contributed by atoms with E-state index in [1.807, 2.05) is 0 Å². The molecule has 1 fully saturated rings. The fourth-order valence-electron chi connectivity index (χ4n) is 2.33. The third-order valence-corrected chi connectivity index (χ3v) is 4.20. The second-order valence-corrected chi connectivity index (χ2v) is 5.93. The zero-order valence-electron chi connectivity index (χ0n) is 11.6. The summed E-state index contributed by atoms with van der Waals surface area (Å²) < 4.78 is 6.68. The Kier molecular flexibility index (Phi) is 3.84. The van der Waals surface area contributed by atoms with E-state index in [9.17, 15) is 4.79 Å². The third-order valence-electron chi connectivity index (χ3n) is 3.47. The van der Waals surface area contributed by atoms with E-state index < -0.39 is 0 Å². The zero-order chi connectivity index (χ0) is 14.8. The van der Waals surface area contributed by atoms with Gasteiger partial charge in [-0.3, -0.25) is 4.79 Å². The molecular formula is C12H16N6O2S. The lowest BCUT2D eigenvalue weighted by Crippen LogP contribution is -2.27. The van der Waals surface area contributed by atoms with Crippen LogP contribution in [0.3, 0.4) is 0 Å². The number of hydrogen-bond acceptors (Lipinski definition) is 8. The molecule has 3 rings (SSSR count). The van der Waals surface area contributed by atoms with E-state index in [4.69, 9.17) is 10.5 Å². The van der Waals surface area contributed by atoms with Crippen molar-refractivity contribution in [2.45, 2.75) is 19.1 Å². The van der Waals surface area contributed by atoms with Crippen molar-refractivity contribution in [3.05, 3.63) is 27.6 Å². The van der Waals surface area contributed by atoms with Crippen molar-refractivity contribution in [3.8, 4) is 0 Å². The minimum absolute atomic E-state index is 0.165. The summed E-state index contributed by atoms with van der Waals surface area (Å²) in [5.74, 6) is 0.